The number of para-hydroxylation sites is 1. The third-order valence-electron chi connectivity index (χ3n) is 4.25. The van der Waals surface area contributed by atoms with Crippen LogP contribution in [0.25, 0.3) is 0 Å². The highest BCUT2D eigenvalue weighted by molar-refractivity contribution is 5.89. The smallest absolute Gasteiger partial charge is 0.414 e. The number of fused-ring (bicyclic) bond motifs is 1. The number of benzene rings is 2. The van der Waals surface area contributed by atoms with Gasteiger partial charge in [0.1, 0.15) is 6.61 Å². The molecule has 1 aliphatic rings. The van der Waals surface area contributed by atoms with E-state index in [-0.39, 0.29) is 24.7 Å². The Morgan fingerprint density at radius 1 is 1.17 bits per heavy atom. The molecule has 0 bridgehead atoms. The Bertz CT molecular complexity index is 686. The molecule has 0 radical (unpaired) electrons. The summed E-state index contributed by atoms with van der Waals surface area (Å²) in [5.74, 6) is 0. The van der Waals surface area contributed by atoms with Crippen molar-refractivity contribution in [3.8, 4) is 0 Å². The zero-order valence-electron chi connectivity index (χ0n) is 13.2. The minimum atomic E-state index is -0.374. The van der Waals surface area contributed by atoms with E-state index in [4.69, 9.17) is 4.74 Å². The van der Waals surface area contributed by atoms with E-state index in [1.165, 1.54) is 0 Å². The molecule has 120 valence electrons. The molecule has 0 saturated heterocycles. The SMILES string of the molecule is CC1(CO)Cc2ccccc2N(C(=O)OCc2ccccc2)C1. The highest BCUT2D eigenvalue weighted by Gasteiger charge is 2.36. The van der Waals surface area contributed by atoms with Gasteiger partial charge in [-0.1, -0.05) is 55.5 Å². The number of rotatable bonds is 3. The van der Waals surface area contributed by atoms with Gasteiger partial charge in [-0.05, 0) is 23.6 Å². The summed E-state index contributed by atoms with van der Waals surface area (Å²) < 4.78 is 5.47. The van der Waals surface area contributed by atoms with Crippen LogP contribution in [0.3, 0.4) is 0 Å². The van der Waals surface area contributed by atoms with Crippen molar-refractivity contribution < 1.29 is 14.6 Å². The van der Waals surface area contributed by atoms with Gasteiger partial charge in [0.15, 0.2) is 0 Å². The summed E-state index contributed by atoms with van der Waals surface area (Å²) in [5.41, 5.74) is 2.54. The number of anilines is 1. The molecule has 0 saturated carbocycles. The third-order valence-corrected chi connectivity index (χ3v) is 4.25. The maximum Gasteiger partial charge on any atom is 0.414 e. The van der Waals surface area contributed by atoms with E-state index < -0.39 is 0 Å². The number of hydrogen-bond donors (Lipinski definition) is 1. The highest BCUT2D eigenvalue weighted by Crippen LogP contribution is 2.36. The van der Waals surface area contributed by atoms with Crippen molar-refractivity contribution in [3.63, 3.8) is 0 Å². The van der Waals surface area contributed by atoms with Crippen LogP contribution in [0.2, 0.25) is 0 Å². The maximum absolute atomic E-state index is 12.6. The fourth-order valence-electron chi connectivity index (χ4n) is 2.97. The largest absolute Gasteiger partial charge is 0.444 e. The van der Waals surface area contributed by atoms with Crippen molar-refractivity contribution in [2.24, 2.45) is 5.41 Å². The molecule has 2 aromatic carbocycles. The van der Waals surface area contributed by atoms with Crippen LogP contribution in [0.15, 0.2) is 54.6 Å². The first-order chi connectivity index (χ1) is 11.1. The summed E-state index contributed by atoms with van der Waals surface area (Å²) in [4.78, 5) is 14.2. The van der Waals surface area contributed by atoms with Crippen molar-refractivity contribution in [2.45, 2.75) is 20.0 Å². The van der Waals surface area contributed by atoms with Gasteiger partial charge in [0, 0.05) is 12.0 Å². The van der Waals surface area contributed by atoms with E-state index >= 15 is 0 Å². The lowest BCUT2D eigenvalue weighted by Crippen LogP contribution is -2.47. The predicted octanol–water partition coefficient (Wildman–Crippen LogP) is 3.38. The molecule has 23 heavy (non-hydrogen) atoms. The quantitative estimate of drug-likeness (QED) is 0.945. The van der Waals surface area contributed by atoms with Crippen LogP contribution < -0.4 is 4.90 Å². The average molecular weight is 311 g/mol. The van der Waals surface area contributed by atoms with Gasteiger partial charge in [0.25, 0.3) is 0 Å². The lowest BCUT2D eigenvalue weighted by Gasteiger charge is -2.39. The lowest BCUT2D eigenvalue weighted by atomic mass is 9.80. The Balaban J connectivity index is 1.79. The molecule has 4 nitrogen and oxygen atoms in total. The second kappa shape index (κ2) is 6.42. The van der Waals surface area contributed by atoms with Gasteiger partial charge in [0.05, 0.1) is 12.3 Å². The van der Waals surface area contributed by atoms with Gasteiger partial charge in [0.2, 0.25) is 0 Å². The first-order valence-electron chi connectivity index (χ1n) is 7.78. The van der Waals surface area contributed by atoms with Crippen molar-refractivity contribution in [2.75, 3.05) is 18.1 Å². The van der Waals surface area contributed by atoms with E-state index in [9.17, 15) is 9.90 Å². The first kappa shape index (κ1) is 15.6. The molecule has 1 aliphatic heterocycles. The minimum absolute atomic E-state index is 0.0315. The summed E-state index contributed by atoms with van der Waals surface area (Å²) in [6.07, 6.45) is 0.378. The van der Waals surface area contributed by atoms with Gasteiger partial charge in [-0.25, -0.2) is 4.79 Å². The fraction of sp³-hybridized carbons (Fsp3) is 0.316. The first-order valence-corrected chi connectivity index (χ1v) is 7.78. The monoisotopic (exact) mass is 311 g/mol. The molecule has 1 atom stereocenters. The van der Waals surface area contributed by atoms with Crippen LogP contribution in [-0.2, 0) is 17.8 Å². The highest BCUT2D eigenvalue weighted by atomic mass is 16.6. The van der Waals surface area contributed by atoms with Crippen molar-refractivity contribution >= 4 is 11.8 Å². The summed E-state index contributed by atoms with van der Waals surface area (Å²) in [5, 5.41) is 9.70. The molecular formula is C19H21NO3. The summed E-state index contributed by atoms with van der Waals surface area (Å²) >= 11 is 0. The van der Waals surface area contributed by atoms with Gasteiger partial charge >= 0.3 is 6.09 Å². The van der Waals surface area contributed by atoms with E-state index in [1.807, 2.05) is 61.5 Å². The van der Waals surface area contributed by atoms with Crippen LogP contribution >= 0.6 is 0 Å². The van der Waals surface area contributed by atoms with Gasteiger partial charge in [-0.3, -0.25) is 4.90 Å². The molecule has 1 amide bonds. The molecule has 4 heteroatoms. The van der Waals surface area contributed by atoms with Crippen LogP contribution in [0.5, 0.6) is 0 Å². The molecular weight excluding hydrogens is 290 g/mol. The Morgan fingerprint density at radius 2 is 1.87 bits per heavy atom. The number of carbonyl (C=O) groups is 1. The number of aliphatic hydroxyl groups is 1. The summed E-state index contributed by atoms with van der Waals surface area (Å²) in [6, 6.07) is 17.4. The average Bonchev–Trinajstić information content (AvgIpc) is 2.60. The van der Waals surface area contributed by atoms with Gasteiger partial charge in [-0.15, -0.1) is 0 Å². The second-order valence-electron chi connectivity index (χ2n) is 6.40. The Labute approximate surface area is 136 Å². The Morgan fingerprint density at radius 3 is 2.61 bits per heavy atom. The van der Waals surface area contributed by atoms with Crippen LogP contribution in [0.1, 0.15) is 18.1 Å². The number of nitrogens with zero attached hydrogens (tertiary/aromatic N) is 1. The zero-order chi connectivity index (χ0) is 16.3. The zero-order valence-corrected chi connectivity index (χ0v) is 13.2. The number of ether oxygens (including phenoxy) is 1. The molecule has 0 aliphatic carbocycles. The van der Waals surface area contributed by atoms with E-state index in [2.05, 4.69) is 0 Å². The molecule has 0 spiro atoms. The molecule has 1 unspecified atom stereocenters. The molecule has 0 fully saturated rings. The van der Waals surface area contributed by atoms with Crippen LogP contribution in [-0.4, -0.2) is 24.4 Å². The Hall–Kier alpha value is -2.33. The number of carbonyl (C=O) groups excluding carboxylic acids is 1. The van der Waals surface area contributed by atoms with Crippen molar-refractivity contribution in [1.29, 1.82) is 0 Å². The molecule has 1 N–H and O–H groups in total. The standard InChI is InChI=1S/C19H21NO3/c1-19(14-21)11-16-9-5-6-10-17(16)20(13-19)18(22)23-12-15-7-3-2-4-8-15/h2-10,21H,11-14H2,1H3. The van der Waals surface area contributed by atoms with Crippen LogP contribution in [0, 0.1) is 5.41 Å². The predicted molar refractivity (Wildman–Crippen MR) is 89.3 cm³/mol. The van der Waals surface area contributed by atoms with E-state index in [0.717, 1.165) is 23.2 Å². The second-order valence-corrected chi connectivity index (χ2v) is 6.40. The summed E-state index contributed by atoms with van der Waals surface area (Å²) in [7, 11) is 0. The summed E-state index contributed by atoms with van der Waals surface area (Å²) in [6.45, 7) is 2.71. The molecule has 3 rings (SSSR count). The van der Waals surface area contributed by atoms with E-state index in [0.29, 0.717) is 6.54 Å². The number of amides is 1. The topological polar surface area (TPSA) is 49.8 Å². The van der Waals surface area contributed by atoms with E-state index in [1.54, 1.807) is 4.90 Å². The van der Waals surface area contributed by atoms with Crippen molar-refractivity contribution in [1.82, 2.24) is 0 Å². The van der Waals surface area contributed by atoms with Gasteiger partial charge < -0.3 is 9.84 Å². The third kappa shape index (κ3) is 3.37. The fourth-order valence-corrected chi connectivity index (χ4v) is 2.97. The molecule has 1 heterocycles. The number of hydrogen-bond acceptors (Lipinski definition) is 3. The Kier molecular flexibility index (Phi) is 4.35. The van der Waals surface area contributed by atoms with Crippen LogP contribution in [0.4, 0.5) is 10.5 Å². The number of aliphatic hydroxyl groups excluding tert-OH is 1. The van der Waals surface area contributed by atoms with Gasteiger partial charge in [-0.2, -0.15) is 0 Å². The lowest BCUT2D eigenvalue weighted by molar-refractivity contribution is 0.122. The maximum atomic E-state index is 12.6. The molecule has 0 aromatic heterocycles. The molecule has 2 aromatic rings. The normalized spacial score (nSPS) is 20.0. The van der Waals surface area contributed by atoms with Crippen molar-refractivity contribution in [3.05, 3.63) is 65.7 Å². The minimum Gasteiger partial charge on any atom is -0.444 e.